The first kappa shape index (κ1) is 13.1. The van der Waals surface area contributed by atoms with Crippen LogP contribution in [0.4, 0.5) is 4.39 Å². The van der Waals surface area contributed by atoms with Gasteiger partial charge in [0.25, 0.3) is 0 Å². The zero-order valence-electron chi connectivity index (χ0n) is 10.8. The third-order valence-electron chi connectivity index (χ3n) is 2.93. The van der Waals surface area contributed by atoms with Gasteiger partial charge in [-0.05, 0) is 24.3 Å². The maximum absolute atomic E-state index is 13.2. The smallest absolute Gasteiger partial charge is 0.341 e. The Morgan fingerprint density at radius 2 is 1.90 bits per heavy atom. The molecule has 0 unspecified atom stereocenters. The molecule has 104 valence electrons. The lowest BCUT2D eigenvalue weighted by molar-refractivity contribution is 0.0693. The van der Waals surface area contributed by atoms with E-state index in [1.54, 1.807) is 24.3 Å². The van der Waals surface area contributed by atoms with E-state index in [0.29, 0.717) is 10.9 Å². The zero-order valence-corrected chi connectivity index (χ0v) is 10.8. The molecule has 21 heavy (non-hydrogen) atoms. The predicted octanol–water partition coefficient (Wildman–Crippen LogP) is 3.86. The molecule has 0 radical (unpaired) electrons. The standard InChI is InChI=1S/C16H10FNO3/c17-11-5-3-6-12(9-11)21-15-13(16(19)20)8-10-4-1-2-7-14(10)18-15/h1-9H,(H,19,20). The van der Waals surface area contributed by atoms with Crippen LogP contribution in [-0.4, -0.2) is 16.1 Å². The van der Waals surface area contributed by atoms with Crippen molar-refractivity contribution in [2.24, 2.45) is 0 Å². The molecule has 0 aliphatic rings. The van der Waals surface area contributed by atoms with E-state index in [0.717, 1.165) is 0 Å². The number of ether oxygens (including phenoxy) is 1. The van der Waals surface area contributed by atoms with Gasteiger partial charge in [-0.2, -0.15) is 0 Å². The van der Waals surface area contributed by atoms with E-state index in [-0.39, 0.29) is 17.2 Å². The Bertz CT molecular complexity index is 833. The van der Waals surface area contributed by atoms with Crippen LogP contribution in [0.25, 0.3) is 10.9 Å². The summed E-state index contributed by atoms with van der Waals surface area (Å²) in [5.74, 6) is -1.49. The number of aromatic nitrogens is 1. The van der Waals surface area contributed by atoms with E-state index in [1.807, 2.05) is 0 Å². The summed E-state index contributed by atoms with van der Waals surface area (Å²) in [6, 6.07) is 14.0. The van der Waals surface area contributed by atoms with Crippen molar-refractivity contribution < 1.29 is 19.0 Å². The van der Waals surface area contributed by atoms with Gasteiger partial charge in [0.05, 0.1) is 5.52 Å². The van der Waals surface area contributed by atoms with Crippen LogP contribution < -0.4 is 4.74 Å². The zero-order chi connectivity index (χ0) is 14.8. The topological polar surface area (TPSA) is 59.4 Å². The number of para-hydroxylation sites is 1. The van der Waals surface area contributed by atoms with Crippen molar-refractivity contribution in [2.75, 3.05) is 0 Å². The summed E-state index contributed by atoms with van der Waals surface area (Å²) in [7, 11) is 0. The fourth-order valence-corrected chi connectivity index (χ4v) is 1.97. The molecule has 1 aromatic heterocycles. The van der Waals surface area contributed by atoms with Gasteiger partial charge >= 0.3 is 5.97 Å². The normalized spacial score (nSPS) is 10.5. The molecule has 1 N–H and O–H groups in total. The summed E-state index contributed by atoms with van der Waals surface area (Å²) in [6.07, 6.45) is 0. The van der Waals surface area contributed by atoms with Crippen LogP contribution in [0, 0.1) is 5.82 Å². The Labute approximate surface area is 119 Å². The van der Waals surface area contributed by atoms with Crippen LogP contribution in [0.15, 0.2) is 54.6 Å². The van der Waals surface area contributed by atoms with E-state index < -0.39 is 11.8 Å². The van der Waals surface area contributed by atoms with E-state index in [1.165, 1.54) is 30.3 Å². The second kappa shape index (κ2) is 5.20. The molecular weight excluding hydrogens is 273 g/mol. The second-order valence-corrected chi connectivity index (χ2v) is 4.40. The Balaban J connectivity index is 2.11. The minimum absolute atomic E-state index is 0.0631. The summed E-state index contributed by atoms with van der Waals surface area (Å²) in [5.41, 5.74) is 0.534. The number of benzene rings is 2. The Morgan fingerprint density at radius 1 is 1.10 bits per heavy atom. The number of halogens is 1. The number of rotatable bonds is 3. The van der Waals surface area contributed by atoms with Gasteiger partial charge < -0.3 is 9.84 Å². The first-order chi connectivity index (χ1) is 10.1. The van der Waals surface area contributed by atoms with E-state index in [9.17, 15) is 14.3 Å². The van der Waals surface area contributed by atoms with Gasteiger partial charge in [-0.3, -0.25) is 0 Å². The minimum Gasteiger partial charge on any atom is -0.477 e. The lowest BCUT2D eigenvalue weighted by Crippen LogP contribution is -2.02. The van der Waals surface area contributed by atoms with E-state index >= 15 is 0 Å². The van der Waals surface area contributed by atoms with Crippen molar-refractivity contribution in [3.8, 4) is 11.6 Å². The summed E-state index contributed by atoms with van der Waals surface area (Å²) in [4.78, 5) is 15.5. The monoisotopic (exact) mass is 283 g/mol. The van der Waals surface area contributed by atoms with E-state index in [4.69, 9.17) is 4.74 Å². The minimum atomic E-state index is -1.15. The largest absolute Gasteiger partial charge is 0.477 e. The van der Waals surface area contributed by atoms with Crippen LogP contribution in [0.2, 0.25) is 0 Å². The molecule has 0 bridgehead atoms. The number of pyridine rings is 1. The molecule has 0 saturated heterocycles. The lowest BCUT2D eigenvalue weighted by atomic mass is 10.1. The Kier molecular flexibility index (Phi) is 3.23. The number of carboxylic acids is 1. The summed E-state index contributed by atoms with van der Waals surface area (Å²) < 4.78 is 18.6. The fourth-order valence-electron chi connectivity index (χ4n) is 1.97. The molecule has 3 rings (SSSR count). The van der Waals surface area contributed by atoms with Gasteiger partial charge in [0, 0.05) is 11.5 Å². The van der Waals surface area contributed by atoms with Crippen molar-refractivity contribution in [1.82, 2.24) is 4.98 Å². The SMILES string of the molecule is O=C(O)c1cc2ccccc2nc1Oc1cccc(F)c1. The highest BCUT2D eigenvalue weighted by Gasteiger charge is 2.15. The number of hydrogen-bond acceptors (Lipinski definition) is 3. The number of carboxylic acid groups (broad SMARTS) is 1. The average molecular weight is 283 g/mol. The molecule has 0 fully saturated rings. The fraction of sp³-hybridized carbons (Fsp3) is 0. The lowest BCUT2D eigenvalue weighted by Gasteiger charge is -2.09. The van der Waals surface area contributed by atoms with Gasteiger partial charge in [0.1, 0.15) is 17.1 Å². The number of carbonyl (C=O) groups is 1. The molecule has 2 aromatic carbocycles. The van der Waals surface area contributed by atoms with E-state index in [2.05, 4.69) is 4.98 Å². The van der Waals surface area contributed by atoms with Gasteiger partial charge in [-0.25, -0.2) is 14.2 Å². The third-order valence-corrected chi connectivity index (χ3v) is 2.93. The van der Waals surface area contributed by atoms with Crippen LogP contribution in [0.3, 0.4) is 0 Å². The predicted molar refractivity (Wildman–Crippen MR) is 75.2 cm³/mol. The van der Waals surface area contributed by atoms with Crippen LogP contribution in [0.5, 0.6) is 11.6 Å². The molecule has 1 heterocycles. The highest BCUT2D eigenvalue weighted by atomic mass is 19.1. The highest BCUT2D eigenvalue weighted by Crippen LogP contribution is 2.27. The molecule has 0 saturated carbocycles. The molecule has 0 amide bonds. The van der Waals surface area contributed by atoms with Crippen LogP contribution >= 0.6 is 0 Å². The van der Waals surface area contributed by atoms with Gasteiger partial charge in [-0.15, -0.1) is 0 Å². The first-order valence-electron chi connectivity index (χ1n) is 6.20. The maximum atomic E-state index is 13.2. The molecular formula is C16H10FNO3. The highest BCUT2D eigenvalue weighted by molar-refractivity contribution is 5.95. The number of nitrogens with zero attached hydrogens (tertiary/aromatic N) is 1. The van der Waals surface area contributed by atoms with Gasteiger partial charge in [0.15, 0.2) is 0 Å². The van der Waals surface area contributed by atoms with Crippen LogP contribution in [0.1, 0.15) is 10.4 Å². The quantitative estimate of drug-likeness (QED) is 0.792. The molecule has 0 spiro atoms. The number of hydrogen-bond donors (Lipinski definition) is 1. The number of fused-ring (bicyclic) bond motifs is 1. The maximum Gasteiger partial charge on any atom is 0.341 e. The second-order valence-electron chi connectivity index (χ2n) is 4.40. The number of aromatic carboxylic acids is 1. The molecule has 5 heteroatoms. The average Bonchev–Trinajstić information content (AvgIpc) is 2.46. The van der Waals surface area contributed by atoms with Crippen molar-refractivity contribution >= 4 is 16.9 Å². The van der Waals surface area contributed by atoms with Crippen LogP contribution in [-0.2, 0) is 0 Å². The third kappa shape index (κ3) is 2.67. The van der Waals surface area contributed by atoms with Crippen molar-refractivity contribution in [3.05, 3.63) is 66.0 Å². The summed E-state index contributed by atoms with van der Waals surface area (Å²) in [5, 5.41) is 9.96. The molecule has 0 atom stereocenters. The molecule has 4 nitrogen and oxygen atoms in total. The summed E-state index contributed by atoms with van der Waals surface area (Å²) >= 11 is 0. The Hall–Kier alpha value is -2.95. The van der Waals surface area contributed by atoms with Crippen molar-refractivity contribution in [3.63, 3.8) is 0 Å². The van der Waals surface area contributed by atoms with Gasteiger partial charge in [-0.1, -0.05) is 24.3 Å². The van der Waals surface area contributed by atoms with Crippen molar-refractivity contribution in [2.45, 2.75) is 0 Å². The van der Waals surface area contributed by atoms with Crippen molar-refractivity contribution in [1.29, 1.82) is 0 Å². The summed E-state index contributed by atoms with van der Waals surface area (Å²) in [6.45, 7) is 0. The Morgan fingerprint density at radius 3 is 2.67 bits per heavy atom. The molecule has 3 aromatic rings. The first-order valence-corrected chi connectivity index (χ1v) is 6.20. The molecule has 0 aliphatic carbocycles. The van der Waals surface area contributed by atoms with Gasteiger partial charge in [0.2, 0.25) is 5.88 Å². The molecule has 0 aliphatic heterocycles.